The summed E-state index contributed by atoms with van der Waals surface area (Å²) in [6.45, 7) is 1.13. The summed E-state index contributed by atoms with van der Waals surface area (Å²) in [6.07, 6.45) is 3.90. The molecule has 1 fully saturated rings. The third-order valence-corrected chi connectivity index (χ3v) is 2.80. The second kappa shape index (κ2) is 4.58. The molecule has 0 amide bonds. The van der Waals surface area contributed by atoms with E-state index in [0.717, 1.165) is 13.0 Å². The summed E-state index contributed by atoms with van der Waals surface area (Å²) in [5, 5.41) is 8.58. The Hall–Kier alpha value is -0.610. The highest BCUT2D eigenvalue weighted by Crippen LogP contribution is 2.19. The molecule has 0 spiro atoms. The number of nitrogens with zero attached hydrogens (tertiary/aromatic N) is 1. The van der Waals surface area contributed by atoms with E-state index in [9.17, 15) is 4.79 Å². The molecule has 2 atom stereocenters. The molecule has 0 saturated carbocycles. The molecule has 76 valence electrons. The van der Waals surface area contributed by atoms with E-state index in [2.05, 4.69) is 11.9 Å². The topological polar surface area (TPSA) is 66.6 Å². The Labute approximate surface area is 78.7 Å². The first-order valence-corrected chi connectivity index (χ1v) is 4.80. The number of rotatable bonds is 4. The van der Waals surface area contributed by atoms with Gasteiger partial charge in [-0.2, -0.15) is 0 Å². The second-order valence-electron chi connectivity index (χ2n) is 3.80. The Morgan fingerprint density at radius 1 is 1.77 bits per heavy atom. The minimum Gasteiger partial charge on any atom is -0.480 e. The summed E-state index contributed by atoms with van der Waals surface area (Å²) in [6, 6.07) is -0.139. The Bertz CT molecular complexity index is 184. The predicted molar refractivity (Wildman–Crippen MR) is 50.5 cm³/mol. The molecule has 0 aromatic rings. The molecule has 1 unspecified atom stereocenters. The molecule has 1 rings (SSSR count). The molecular formula is C9H18N2O2. The third-order valence-electron chi connectivity index (χ3n) is 2.80. The van der Waals surface area contributed by atoms with Gasteiger partial charge >= 0.3 is 5.97 Å². The summed E-state index contributed by atoms with van der Waals surface area (Å²) < 4.78 is 0. The van der Waals surface area contributed by atoms with Crippen molar-refractivity contribution >= 4 is 5.97 Å². The van der Waals surface area contributed by atoms with Crippen molar-refractivity contribution in [2.45, 2.75) is 37.8 Å². The summed E-state index contributed by atoms with van der Waals surface area (Å²) in [5.74, 6) is -0.888. The van der Waals surface area contributed by atoms with Crippen molar-refractivity contribution in [3.05, 3.63) is 0 Å². The SMILES string of the molecule is CN1CCCC1CC[C@@H](N)C(=O)O. The normalized spacial score (nSPS) is 26.2. The molecular weight excluding hydrogens is 168 g/mol. The monoisotopic (exact) mass is 186 g/mol. The minimum absolute atomic E-state index is 0.547. The summed E-state index contributed by atoms with van der Waals surface area (Å²) in [7, 11) is 2.09. The van der Waals surface area contributed by atoms with Crippen LogP contribution in [0.25, 0.3) is 0 Å². The molecule has 0 aromatic heterocycles. The zero-order chi connectivity index (χ0) is 9.84. The number of likely N-dealkylation sites (tertiary alicyclic amines) is 1. The maximum Gasteiger partial charge on any atom is 0.320 e. The van der Waals surface area contributed by atoms with E-state index in [4.69, 9.17) is 10.8 Å². The summed E-state index contributed by atoms with van der Waals surface area (Å²) >= 11 is 0. The van der Waals surface area contributed by atoms with Gasteiger partial charge in [0.2, 0.25) is 0 Å². The number of hydrogen-bond donors (Lipinski definition) is 2. The number of carboxylic acid groups (broad SMARTS) is 1. The predicted octanol–water partition coefficient (Wildman–Crippen LogP) is 0.273. The molecule has 3 N–H and O–H groups in total. The van der Waals surface area contributed by atoms with Gasteiger partial charge < -0.3 is 15.7 Å². The number of nitrogens with two attached hydrogens (primary N) is 1. The lowest BCUT2D eigenvalue weighted by molar-refractivity contribution is -0.138. The highest BCUT2D eigenvalue weighted by Gasteiger charge is 2.22. The van der Waals surface area contributed by atoms with Crippen molar-refractivity contribution in [2.75, 3.05) is 13.6 Å². The maximum atomic E-state index is 10.4. The van der Waals surface area contributed by atoms with Crippen molar-refractivity contribution < 1.29 is 9.90 Å². The number of carbonyl (C=O) groups is 1. The molecule has 0 bridgehead atoms. The molecule has 1 heterocycles. The summed E-state index contributed by atoms with van der Waals surface area (Å²) in [4.78, 5) is 12.7. The highest BCUT2D eigenvalue weighted by atomic mass is 16.4. The van der Waals surface area contributed by atoms with Gasteiger partial charge in [-0.1, -0.05) is 0 Å². The standard InChI is InChI=1S/C9H18N2O2/c1-11-6-2-3-7(11)4-5-8(10)9(12)13/h7-8H,2-6,10H2,1H3,(H,12,13)/t7?,8-/m1/s1. The fraction of sp³-hybridized carbons (Fsp3) is 0.889. The Morgan fingerprint density at radius 2 is 2.46 bits per heavy atom. The van der Waals surface area contributed by atoms with Gasteiger partial charge in [0.15, 0.2) is 0 Å². The van der Waals surface area contributed by atoms with Crippen molar-refractivity contribution in [2.24, 2.45) is 5.73 Å². The van der Waals surface area contributed by atoms with Gasteiger partial charge in [0.25, 0.3) is 0 Å². The van der Waals surface area contributed by atoms with Gasteiger partial charge in [-0.25, -0.2) is 0 Å². The molecule has 0 aliphatic carbocycles. The van der Waals surface area contributed by atoms with Gasteiger partial charge in [0.05, 0.1) is 0 Å². The van der Waals surface area contributed by atoms with E-state index in [1.54, 1.807) is 0 Å². The van der Waals surface area contributed by atoms with E-state index < -0.39 is 12.0 Å². The zero-order valence-electron chi connectivity index (χ0n) is 8.07. The van der Waals surface area contributed by atoms with Gasteiger partial charge in [-0.3, -0.25) is 4.79 Å². The fourth-order valence-electron chi connectivity index (χ4n) is 1.84. The molecule has 13 heavy (non-hydrogen) atoms. The van der Waals surface area contributed by atoms with Crippen molar-refractivity contribution in [1.29, 1.82) is 0 Å². The van der Waals surface area contributed by atoms with Crippen LogP contribution in [0.3, 0.4) is 0 Å². The van der Waals surface area contributed by atoms with Crippen LogP contribution in [0.5, 0.6) is 0 Å². The lowest BCUT2D eigenvalue weighted by Gasteiger charge is -2.19. The van der Waals surface area contributed by atoms with Crippen LogP contribution < -0.4 is 5.73 Å². The van der Waals surface area contributed by atoms with E-state index >= 15 is 0 Å². The van der Waals surface area contributed by atoms with Crippen LogP contribution in [0.15, 0.2) is 0 Å². The van der Waals surface area contributed by atoms with Crippen molar-refractivity contribution in [3.8, 4) is 0 Å². The summed E-state index contributed by atoms with van der Waals surface area (Å²) in [5.41, 5.74) is 5.42. The van der Waals surface area contributed by atoms with E-state index in [1.165, 1.54) is 12.8 Å². The number of carboxylic acids is 1. The Balaban J connectivity index is 2.22. The minimum atomic E-state index is -0.888. The van der Waals surface area contributed by atoms with Crippen LogP contribution in [0, 0.1) is 0 Å². The molecule has 1 saturated heterocycles. The van der Waals surface area contributed by atoms with Crippen molar-refractivity contribution in [3.63, 3.8) is 0 Å². The number of hydrogen-bond acceptors (Lipinski definition) is 3. The quantitative estimate of drug-likeness (QED) is 0.661. The van der Waals surface area contributed by atoms with E-state index in [1.807, 2.05) is 0 Å². The fourth-order valence-corrected chi connectivity index (χ4v) is 1.84. The lowest BCUT2D eigenvalue weighted by atomic mass is 10.1. The van der Waals surface area contributed by atoms with E-state index in [0.29, 0.717) is 12.5 Å². The molecule has 4 nitrogen and oxygen atoms in total. The second-order valence-corrected chi connectivity index (χ2v) is 3.80. The Morgan fingerprint density at radius 3 is 2.92 bits per heavy atom. The highest BCUT2D eigenvalue weighted by molar-refractivity contribution is 5.72. The Kier molecular flexibility index (Phi) is 3.69. The largest absolute Gasteiger partial charge is 0.480 e. The van der Waals surface area contributed by atoms with Crippen LogP contribution in [0.1, 0.15) is 25.7 Å². The number of aliphatic carboxylic acids is 1. The van der Waals surface area contributed by atoms with Crippen LogP contribution in [-0.2, 0) is 4.79 Å². The lowest BCUT2D eigenvalue weighted by Crippen LogP contribution is -2.33. The van der Waals surface area contributed by atoms with Gasteiger partial charge in [-0.05, 0) is 39.3 Å². The van der Waals surface area contributed by atoms with Crippen LogP contribution >= 0.6 is 0 Å². The molecule has 0 aromatic carbocycles. The first kappa shape index (κ1) is 10.5. The van der Waals surface area contributed by atoms with E-state index in [-0.39, 0.29) is 0 Å². The molecule has 1 aliphatic heterocycles. The molecule has 4 heteroatoms. The maximum absolute atomic E-state index is 10.4. The zero-order valence-corrected chi connectivity index (χ0v) is 8.07. The van der Waals surface area contributed by atoms with Gasteiger partial charge in [-0.15, -0.1) is 0 Å². The third kappa shape index (κ3) is 2.97. The molecule has 0 radical (unpaired) electrons. The smallest absolute Gasteiger partial charge is 0.320 e. The van der Waals surface area contributed by atoms with Gasteiger partial charge in [0, 0.05) is 6.04 Å². The first-order chi connectivity index (χ1) is 6.11. The average Bonchev–Trinajstić information content (AvgIpc) is 2.47. The van der Waals surface area contributed by atoms with Crippen LogP contribution in [0.4, 0.5) is 0 Å². The first-order valence-electron chi connectivity index (χ1n) is 4.80. The van der Waals surface area contributed by atoms with Crippen LogP contribution in [0.2, 0.25) is 0 Å². The van der Waals surface area contributed by atoms with Crippen LogP contribution in [-0.4, -0.2) is 41.7 Å². The van der Waals surface area contributed by atoms with Gasteiger partial charge in [0.1, 0.15) is 6.04 Å². The van der Waals surface area contributed by atoms with Crippen molar-refractivity contribution in [1.82, 2.24) is 4.90 Å². The molecule has 1 aliphatic rings. The average molecular weight is 186 g/mol.